The van der Waals surface area contributed by atoms with Crippen LogP contribution in [0.4, 0.5) is 0 Å². The molecule has 0 aromatic carbocycles. The quantitative estimate of drug-likeness (QED) is 0.695. The van der Waals surface area contributed by atoms with Gasteiger partial charge in [0.25, 0.3) is 0 Å². The molecular formula is C16H36N4. The Kier molecular flexibility index (Phi) is 8.03. The van der Waals surface area contributed by atoms with Gasteiger partial charge < -0.3 is 15.5 Å². The molecule has 20 heavy (non-hydrogen) atoms. The molecule has 4 heteroatoms. The molecule has 0 aromatic heterocycles. The summed E-state index contributed by atoms with van der Waals surface area (Å²) in [7, 11) is 4.30. The lowest BCUT2D eigenvalue weighted by atomic mass is 9.85. The monoisotopic (exact) mass is 284 g/mol. The summed E-state index contributed by atoms with van der Waals surface area (Å²) in [5.41, 5.74) is 6.45. The highest BCUT2D eigenvalue weighted by Crippen LogP contribution is 2.28. The predicted octanol–water partition coefficient (Wildman–Crippen LogP) is 1.46. The van der Waals surface area contributed by atoms with Crippen LogP contribution in [0.15, 0.2) is 0 Å². The molecule has 0 amide bonds. The first-order valence-corrected chi connectivity index (χ1v) is 8.40. The fourth-order valence-electron chi connectivity index (χ4n) is 3.47. The minimum absolute atomic E-state index is 0.255. The Hall–Kier alpha value is -0.160. The van der Waals surface area contributed by atoms with Crippen LogP contribution in [0.2, 0.25) is 0 Å². The molecule has 0 unspecified atom stereocenters. The number of likely N-dealkylation sites (N-methyl/N-ethyl adjacent to an activating group) is 1. The van der Waals surface area contributed by atoms with Crippen molar-refractivity contribution in [2.45, 2.75) is 45.1 Å². The SMILES string of the molecule is CCCN1CCC(CN)(N(CC)CCCN(C)C)CC1. The maximum Gasteiger partial charge on any atom is 0.0355 e. The zero-order valence-corrected chi connectivity index (χ0v) is 14.2. The Balaban J connectivity index is 2.53. The normalized spacial score (nSPS) is 19.9. The number of hydrogen-bond acceptors (Lipinski definition) is 4. The third-order valence-electron chi connectivity index (χ3n) is 4.79. The van der Waals surface area contributed by atoms with Crippen LogP contribution in [0.3, 0.4) is 0 Å². The molecular weight excluding hydrogens is 248 g/mol. The lowest BCUT2D eigenvalue weighted by Gasteiger charge is -2.48. The van der Waals surface area contributed by atoms with Gasteiger partial charge in [0.2, 0.25) is 0 Å². The molecule has 2 N–H and O–H groups in total. The lowest BCUT2D eigenvalue weighted by molar-refractivity contribution is 0.0283. The van der Waals surface area contributed by atoms with E-state index in [0.29, 0.717) is 0 Å². The van der Waals surface area contributed by atoms with E-state index >= 15 is 0 Å². The number of nitrogens with two attached hydrogens (primary N) is 1. The molecule has 4 nitrogen and oxygen atoms in total. The van der Waals surface area contributed by atoms with Crippen LogP contribution >= 0.6 is 0 Å². The van der Waals surface area contributed by atoms with Crippen LogP contribution in [0.25, 0.3) is 0 Å². The van der Waals surface area contributed by atoms with Gasteiger partial charge in [0.15, 0.2) is 0 Å². The second kappa shape index (κ2) is 8.98. The molecule has 0 spiro atoms. The minimum atomic E-state index is 0.255. The van der Waals surface area contributed by atoms with Crippen molar-refractivity contribution in [2.24, 2.45) is 5.73 Å². The van der Waals surface area contributed by atoms with Crippen molar-refractivity contribution < 1.29 is 0 Å². The molecule has 1 rings (SSSR count). The number of nitrogens with zero attached hydrogens (tertiary/aromatic N) is 3. The maximum absolute atomic E-state index is 6.20. The molecule has 0 aliphatic carbocycles. The average Bonchev–Trinajstić information content (AvgIpc) is 2.45. The van der Waals surface area contributed by atoms with Gasteiger partial charge in [0, 0.05) is 12.1 Å². The second-order valence-corrected chi connectivity index (χ2v) is 6.51. The molecule has 0 radical (unpaired) electrons. The van der Waals surface area contributed by atoms with E-state index in [1.165, 1.54) is 58.4 Å². The smallest absolute Gasteiger partial charge is 0.0355 e. The highest BCUT2D eigenvalue weighted by Gasteiger charge is 2.37. The van der Waals surface area contributed by atoms with E-state index in [9.17, 15) is 0 Å². The lowest BCUT2D eigenvalue weighted by Crippen LogP contribution is -2.59. The number of piperidine rings is 1. The van der Waals surface area contributed by atoms with Crippen LogP contribution in [0.5, 0.6) is 0 Å². The number of hydrogen-bond donors (Lipinski definition) is 1. The van der Waals surface area contributed by atoms with Crippen molar-refractivity contribution in [1.82, 2.24) is 14.7 Å². The molecule has 1 saturated heterocycles. The summed E-state index contributed by atoms with van der Waals surface area (Å²) in [4.78, 5) is 7.52. The van der Waals surface area contributed by atoms with E-state index in [0.717, 1.165) is 13.1 Å². The molecule has 1 fully saturated rings. The Morgan fingerprint density at radius 3 is 2.20 bits per heavy atom. The molecule has 1 heterocycles. The highest BCUT2D eigenvalue weighted by molar-refractivity contribution is 4.96. The zero-order valence-electron chi connectivity index (χ0n) is 14.2. The Bertz CT molecular complexity index is 247. The molecule has 0 bridgehead atoms. The first kappa shape index (κ1) is 17.9. The summed E-state index contributed by atoms with van der Waals surface area (Å²) < 4.78 is 0. The first-order chi connectivity index (χ1) is 9.57. The van der Waals surface area contributed by atoms with Crippen molar-refractivity contribution in [3.05, 3.63) is 0 Å². The fourth-order valence-corrected chi connectivity index (χ4v) is 3.47. The number of likely N-dealkylation sites (tertiary alicyclic amines) is 1. The van der Waals surface area contributed by atoms with Gasteiger partial charge in [-0.1, -0.05) is 13.8 Å². The van der Waals surface area contributed by atoms with Crippen LogP contribution in [-0.2, 0) is 0 Å². The Labute approximate surface area is 126 Å². The third-order valence-corrected chi connectivity index (χ3v) is 4.79. The zero-order chi connectivity index (χ0) is 15.0. The average molecular weight is 284 g/mol. The van der Waals surface area contributed by atoms with Gasteiger partial charge >= 0.3 is 0 Å². The molecule has 0 aromatic rings. The molecule has 1 aliphatic heterocycles. The summed E-state index contributed by atoms with van der Waals surface area (Å²) >= 11 is 0. The standard InChI is InChI=1S/C16H36N4/c1-5-10-19-13-8-16(15-17,9-14-19)20(6-2)12-7-11-18(3)4/h5-15,17H2,1-4H3. The molecule has 0 saturated carbocycles. The van der Waals surface area contributed by atoms with E-state index in [1.54, 1.807) is 0 Å². The van der Waals surface area contributed by atoms with Crippen LogP contribution in [0, 0.1) is 0 Å². The van der Waals surface area contributed by atoms with Crippen molar-refractivity contribution >= 4 is 0 Å². The van der Waals surface area contributed by atoms with Gasteiger partial charge in [0.1, 0.15) is 0 Å². The maximum atomic E-state index is 6.20. The van der Waals surface area contributed by atoms with E-state index in [2.05, 4.69) is 42.6 Å². The minimum Gasteiger partial charge on any atom is -0.329 e. The fraction of sp³-hybridized carbons (Fsp3) is 1.00. The first-order valence-electron chi connectivity index (χ1n) is 8.40. The molecule has 120 valence electrons. The molecule has 0 atom stereocenters. The summed E-state index contributed by atoms with van der Waals surface area (Å²) in [6, 6.07) is 0. The summed E-state index contributed by atoms with van der Waals surface area (Å²) in [5.74, 6) is 0. The number of rotatable bonds is 9. The van der Waals surface area contributed by atoms with Gasteiger partial charge in [-0.25, -0.2) is 0 Å². The van der Waals surface area contributed by atoms with E-state index in [1.807, 2.05) is 0 Å². The Morgan fingerprint density at radius 1 is 1.10 bits per heavy atom. The van der Waals surface area contributed by atoms with Crippen molar-refractivity contribution in [3.63, 3.8) is 0 Å². The Morgan fingerprint density at radius 2 is 1.75 bits per heavy atom. The van der Waals surface area contributed by atoms with Crippen LogP contribution in [0.1, 0.15) is 39.5 Å². The van der Waals surface area contributed by atoms with E-state index in [-0.39, 0.29) is 5.54 Å². The van der Waals surface area contributed by atoms with Gasteiger partial charge in [-0.05, 0) is 79.0 Å². The molecule has 1 aliphatic rings. The van der Waals surface area contributed by atoms with Crippen molar-refractivity contribution in [3.8, 4) is 0 Å². The van der Waals surface area contributed by atoms with E-state index < -0.39 is 0 Å². The van der Waals surface area contributed by atoms with Gasteiger partial charge in [0.05, 0.1) is 0 Å². The van der Waals surface area contributed by atoms with Gasteiger partial charge in [-0.2, -0.15) is 0 Å². The van der Waals surface area contributed by atoms with Crippen LogP contribution < -0.4 is 5.73 Å². The van der Waals surface area contributed by atoms with Crippen molar-refractivity contribution in [1.29, 1.82) is 0 Å². The third kappa shape index (κ3) is 4.99. The van der Waals surface area contributed by atoms with Gasteiger partial charge in [-0.3, -0.25) is 4.90 Å². The van der Waals surface area contributed by atoms with Gasteiger partial charge in [-0.15, -0.1) is 0 Å². The largest absolute Gasteiger partial charge is 0.329 e. The highest BCUT2D eigenvalue weighted by atomic mass is 15.2. The van der Waals surface area contributed by atoms with E-state index in [4.69, 9.17) is 5.73 Å². The summed E-state index contributed by atoms with van der Waals surface area (Å²) in [6.45, 7) is 12.5. The predicted molar refractivity (Wildman–Crippen MR) is 88.2 cm³/mol. The van der Waals surface area contributed by atoms with Crippen LogP contribution in [-0.4, -0.2) is 80.1 Å². The summed E-state index contributed by atoms with van der Waals surface area (Å²) in [6.07, 6.45) is 4.97. The second-order valence-electron chi connectivity index (χ2n) is 6.51. The topological polar surface area (TPSA) is 35.7 Å². The summed E-state index contributed by atoms with van der Waals surface area (Å²) in [5, 5.41) is 0. The van der Waals surface area contributed by atoms with Crippen molar-refractivity contribution in [2.75, 3.05) is 59.9 Å².